The second-order valence-electron chi connectivity index (χ2n) is 3.74. The molecule has 2 heterocycles. The van der Waals surface area contributed by atoms with Gasteiger partial charge in [-0.1, -0.05) is 0 Å². The summed E-state index contributed by atoms with van der Waals surface area (Å²) in [6, 6.07) is 2.19. The lowest BCUT2D eigenvalue weighted by Gasteiger charge is -2.30. The third-order valence-electron chi connectivity index (χ3n) is 2.70. The van der Waals surface area contributed by atoms with Gasteiger partial charge >= 0.3 is 0 Å². The van der Waals surface area contributed by atoms with Crippen LogP contribution in [0.25, 0.3) is 0 Å². The van der Waals surface area contributed by atoms with Gasteiger partial charge in [0.15, 0.2) is 6.29 Å². The number of aromatic nitrogens is 2. The summed E-state index contributed by atoms with van der Waals surface area (Å²) in [5.41, 5.74) is 1.01. The standard InChI is InChI=1S/C10H17N3O2/c1-7-6-9-11-5-4-8(13(9)12-7)10(14-2)15-3/h6,8,10-11H,4-5H2,1-3H3. The number of fused-ring (bicyclic) bond motifs is 1. The van der Waals surface area contributed by atoms with E-state index in [4.69, 9.17) is 9.47 Å². The maximum atomic E-state index is 5.29. The largest absolute Gasteiger partial charge is 0.370 e. The Labute approximate surface area is 89.4 Å². The van der Waals surface area contributed by atoms with Crippen LogP contribution < -0.4 is 5.32 Å². The molecule has 1 atom stereocenters. The Morgan fingerprint density at radius 2 is 2.27 bits per heavy atom. The first-order valence-corrected chi connectivity index (χ1v) is 5.12. The van der Waals surface area contributed by atoms with Gasteiger partial charge in [0, 0.05) is 26.8 Å². The summed E-state index contributed by atoms with van der Waals surface area (Å²) in [5.74, 6) is 1.04. The molecule has 84 valence electrons. The van der Waals surface area contributed by atoms with Crippen LogP contribution in [0.1, 0.15) is 18.2 Å². The second-order valence-corrected chi connectivity index (χ2v) is 3.74. The van der Waals surface area contributed by atoms with Crippen molar-refractivity contribution in [1.29, 1.82) is 0 Å². The molecule has 0 saturated heterocycles. The van der Waals surface area contributed by atoms with Gasteiger partial charge in [-0.3, -0.25) is 0 Å². The predicted molar refractivity (Wildman–Crippen MR) is 56.9 cm³/mol. The molecular weight excluding hydrogens is 194 g/mol. The van der Waals surface area contributed by atoms with Crippen molar-refractivity contribution in [2.75, 3.05) is 26.1 Å². The molecular formula is C10H17N3O2. The number of aryl methyl sites for hydroxylation is 1. The van der Waals surface area contributed by atoms with E-state index in [-0.39, 0.29) is 12.3 Å². The van der Waals surface area contributed by atoms with Crippen molar-refractivity contribution in [3.8, 4) is 0 Å². The summed E-state index contributed by atoms with van der Waals surface area (Å²) >= 11 is 0. The zero-order valence-electron chi connectivity index (χ0n) is 9.36. The molecule has 2 rings (SSSR count). The fraction of sp³-hybridized carbons (Fsp3) is 0.700. The van der Waals surface area contributed by atoms with Crippen LogP contribution >= 0.6 is 0 Å². The Morgan fingerprint density at radius 1 is 1.53 bits per heavy atom. The molecule has 15 heavy (non-hydrogen) atoms. The van der Waals surface area contributed by atoms with Crippen LogP contribution in [0.2, 0.25) is 0 Å². The van der Waals surface area contributed by atoms with Crippen molar-refractivity contribution < 1.29 is 9.47 Å². The normalized spacial score (nSPS) is 20.1. The lowest BCUT2D eigenvalue weighted by molar-refractivity contribution is -0.135. The maximum Gasteiger partial charge on any atom is 0.179 e. The fourth-order valence-corrected chi connectivity index (χ4v) is 2.03. The Kier molecular flexibility index (Phi) is 2.93. The average Bonchev–Trinajstić information content (AvgIpc) is 2.61. The number of hydrogen-bond acceptors (Lipinski definition) is 4. The van der Waals surface area contributed by atoms with Crippen LogP contribution in [0.3, 0.4) is 0 Å². The van der Waals surface area contributed by atoms with E-state index in [1.165, 1.54) is 0 Å². The Bertz CT molecular complexity index is 333. The number of nitrogens with zero attached hydrogens (tertiary/aromatic N) is 2. The highest BCUT2D eigenvalue weighted by Crippen LogP contribution is 2.27. The van der Waals surface area contributed by atoms with E-state index in [2.05, 4.69) is 10.4 Å². The molecule has 5 nitrogen and oxygen atoms in total. The molecule has 0 spiro atoms. The lowest BCUT2D eigenvalue weighted by atomic mass is 10.1. The summed E-state index contributed by atoms with van der Waals surface area (Å²) in [6.45, 7) is 2.91. The number of anilines is 1. The number of ether oxygens (including phenoxy) is 2. The Balaban J connectivity index is 2.28. The Hall–Kier alpha value is -1.07. The van der Waals surface area contributed by atoms with Crippen molar-refractivity contribution in [3.05, 3.63) is 11.8 Å². The first-order valence-electron chi connectivity index (χ1n) is 5.12. The molecule has 0 aromatic carbocycles. The molecule has 1 aliphatic heterocycles. The highest BCUT2D eigenvalue weighted by molar-refractivity contribution is 5.38. The number of nitrogens with one attached hydrogen (secondary N) is 1. The van der Waals surface area contributed by atoms with Gasteiger partial charge in [-0.25, -0.2) is 4.68 Å². The summed E-state index contributed by atoms with van der Waals surface area (Å²) in [6.07, 6.45) is 0.727. The van der Waals surface area contributed by atoms with E-state index in [1.54, 1.807) is 14.2 Å². The zero-order valence-corrected chi connectivity index (χ0v) is 9.36. The van der Waals surface area contributed by atoms with Crippen molar-refractivity contribution in [3.63, 3.8) is 0 Å². The molecule has 0 fully saturated rings. The molecule has 0 radical (unpaired) electrons. The van der Waals surface area contributed by atoms with Gasteiger partial charge < -0.3 is 14.8 Å². The number of hydrogen-bond donors (Lipinski definition) is 1. The molecule has 0 aliphatic carbocycles. The van der Waals surface area contributed by atoms with Crippen molar-refractivity contribution in [1.82, 2.24) is 9.78 Å². The molecule has 1 unspecified atom stereocenters. The van der Waals surface area contributed by atoms with E-state index in [9.17, 15) is 0 Å². The monoisotopic (exact) mass is 211 g/mol. The third-order valence-corrected chi connectivity index (χ3v) is 2.70. The first kappa shape index (κ1) is 10.4. The third kappa shape index (κ3) is 1.85. The van der Waals surface area contributed by atoms with Crippen LogP contribution in [0.15, 0.2) is 6.07 Å². The molecule has 1 aromatic heterocycles. The van der Waals surface area contributed by atoms with Crippen LogP contribution in [0.4, 0.5) is 5.82 Å². The highest BCUT2D eigenvalue weighted by atomic mass is 16.7. The smallest absolute Gasteiger partial charge is 0.179 e. The minimum atomic E-state index is -0.231. The molecule has 0 saturated carbocycles. The van der Waals surface area contributed by atoms with Gasteiger partial charge in [0.25, 0.3) is 0 Å². The van der Waals surface area contributed by atoms with Gasteiger partial charge in [-0.15, -0.1) is 0 Å². The van der Waals surface area contributed by atoms with Gasteiger partial charge in [0.05, 0.1) is 5.69 Å². The van der Waals surface area contributed by atoms with Gasteiger partial charge in [-0.2, -0.15) is 5.10 Å². The van der Waals surface area contributed by atoms with Gasteiger partial charge in [0.1, 0.15) is 11.9 Å². The van der Waals surface area contributed by atoms with Crippen molar-refractivity contribution in [2.24, 2.45) is 0 Å². The molecule has 1 aliphatic rings. The van der Waals surface area contributed by atoms with E-state index in [1.807, 2.05) is 17.7 Å². The topological polar surface area (TPSA) is 48.3 Å². The van der Waals surface area contributed by atoms with Crippen LogP contribution in [0.5, 0.6) is 0 Å². The molecule has 0 amide bonds. The number of methoxy groups -OCH3 is 2. The van der Waals surface area contributed by atoms with Crippen LogP contribution in [-0.2, 0) is 9.47 Å². The molecule has 0 bridgehead atoms. The van der Waals surface area contributed by atoms with E-state index in [0.29, 0.717) is 0 Å². The first-order chi connectivity index (χ1) is 7.26. The maximum absolute atomic E-state index is 5.29. The molecule has 1 aromatic rings. The van der Waals surface area contributed by atoms with Crippen molar-refractivity contribution >= 4 is 5.82 Å². The van der Waals surface area contributed by atoms with Crippen molar-refractivity contribution in [2.45, 2.75) is 25.7 Å². The molecule has 1 N–H and O–H groups in total. The predicted octanol–water partition coefficient (Wildman–Crippen LogP) is 1.17. The zero-order chi connectivity index (χ0) is 10.8. The van der Waals surface area contributed by atoms with Gasteiger partial charge in [0.2, 0.25) is 0 Å². The number of rotatable bonds is 3. The van der Waals surface area contributed by atoms with Crippen LogP contribution in [-0.4, -0.2) is 36.8 Å². The van der Waals surface area contributed by atoms with E-state index < -0.39 is 0 Å². The SMILES string of the molecule is COC(OC)C1CCNc2cc(C)nn21. The average molecular weight is 211 g/mol. The minimum Gasteiger partial charge on any atom is -0.370 e. The van der Waals surface area contributed by atoms with E-state index >= 15 is 0 Å². The quantitative estimate of drug-likeness (QED) is 0.762. The summed E-state index contributed by atoms with van der Waals surface area (Å²) in [5, 5.41) is 7.75. The summed E-state index contributed by atoms with van der Waals surface area (Å²) in [4.78, 5) is 0. The lowest BCUT2D eigenvalue weighted by Crippen LogP contribution is -2.34. The van der Waals surface area contributed by atoms with Crippen LogP contribution in [0, 0.1) is 6.92 Å². The Morgan fingerprint density at radius 3 is 2.93 bits per heavy atom. The highest BCUT2D eigenvalue weighted by Gasteiger charge is 2.28. The summed E-state index contributed by atoms with van der Waals surface area (Å²) < 4.78 is 12.5. The fourth-order valence-electron chi connectivity index (χ4n) is 2.03. The van der Waals surface area contributed by atoms with Gasteiger partial charge in [-0.05, 0) is 13.3 Å². The second kappa shape index (κ2) is 4.20. The molecule has 5 heteroatoms. The van der Waals surface area contributed by atoms with E-state index in [0.717, 1.165) is 24.5 Å². The summed E-state index contributed by atoms with van der Waals surface area (Å²) in [7, 11) is 3.32. The minimum absolute atomic E-state index is 0.157.